The molecule has 4 rings (SSSR count). The number of likely N-dealkylation sites (tertiary alicyclic amines) is 1. The van der Waals surface area contributed by atoms with Gasteiger partial charge in [0.15, 0.2) is 0 Å². The molecule has 0 saturated carbocycles. The van der Waals surface area contributed by atoms with Crippen molar-refractivity contribution in [2.75, 3.05) is 27.2 Å². The normalized spacial score (nSPS) is 16.0. The molecule has 1 atom stereocenters. The Balaban J connectivity index is 1.49. The van der Waals surface area contributed by atoms with Crippen molar-refractivity contribution in [3.63, 3.8) is 0 Å². The van der Waals surface area contributed by atoms with E-state index in [1.54, 1.807) is 33.3 Å². The maximum absolute atomic E-state index is 13.1. The summed E-state index contributed by atoms with van der Waals surface area (Å²) in [5, 5.41) is 9.77. The predicted molar refractivity (Wildman–Crippen MR) is 119 cm³/mol. The molecule has 1 saturated heterocycles. The molecule has 3 heterocycles. The molecule has 0 radical (unpaired) electrons. The van der Waals surface area contributed by atoms with Crippen LogP contribution in [0.25, 0.3) is 11.3 Å². The summed E-state index contributed by atoms with van der Waals surface area (Å²) in [5.41, 5.74) is 3.09. The summed E-state index contributed by atoms with van der Waals surface area (Å²) < 4.78 is 5.27. The Morgan fingerprint density at radius 2 is 2.12 bits per heavy atom. The average Bonchev–Trinajstić information content (AvgIpc) is 3.33. The van der Waals surface area contributed by atoms with Crippen LogP contribution in [0.3, 0.4) is 0 Å². The van der Waals surface area contributed by atoms with Crippen molar-refractivity contribution >= 4 is 11.8 Å². The molecule has 9 heteroatoms. The molecule has 3 aromatic rings. The topological polar surface area (TPSA) is 113 Å². The van der Waals surface area contributed by atoms with Crippen molar-refractivity contribution in [2.45, 2.75) is 25.7 Å². The molecule has 9 nitrogen and oxygen atoms in total. The lowest BCUT2D eigenvalue weighted by atomic mass is 9.96. The minimum atomic E-state index is -0.208. The zero-order valence-electron chi connectivity index (χ0n) is 18.4. The minimum Gasteiger partial charge on any atom is -0.497 e. The van der Waals surface area contributed by atoms with Gasteiger partial charge in [0.2, 0.25) is 0 Å². The number of hydrogen-bond acceptors (Lipinski definition) is 6. The molecule has 1 aromatic carbocycles. The van der Waals surface area contributed by atoms with E-state index in [4.69, 9.17) is 4.74 Å². The minimum absolute atomic E-state index is 0.0194. The summed E-state index contributed by atoms with van der Waals surface area (Å²) in [6.07, 6.45) is 3.31. The van der Waals surface area contributed by atoms with Gasteiger partial charge in [-0.15, -0.1) is 0 Å². The van der Waals surface area contributed by atoms with E-state index in [0.717, 1.165) is 24.2 Å². The highest BCUT2D eigenvalue weighted by molar-refractivity contribution is 5.94. The van der Waals surface area contributed by atoms with Crippen LogP contribution in [0.2, 0.25) is 0 Å². The fraction of sp³-hybridized carbons (Fsp3) is 0.348. The standard InChI is InChI=1S/C23H26N6O3/c1-14-18(22(30)24-2)12-25-21(26-14)16-7-5-9-29(13-16)23(31)20-11-19(27-28-20)15-6-4-8-17(10-15)32-3/h4,6,8,10-12,16H,5,7,9,13H2,1-3H3,(H,24,30)(H,27,28)/t16-/m1/s1. The number of hydrogen-bond donors (Lipinski definition) is 2. The van der Waals surface area contributed by atoms with Crippen molar-refractivity contribution < 1.29 is 14.3 Å². The summed E-state index contributed by atoms with van der Waals surface area (Å²) in [6.45, 7) is 2.98. The van der Waals surface area contributed by atoms with Gasteiger partial charge in [0.05, 0.1) is 24.1 Å². The number of benzene rings is 1. The number of amides is 2. The molecular formula is C23H26N6O3. The molecule has 1 fully saturated rings. The first-order chi connectivity index (χ1) is 15.5. The largest absolute Gasteiger partial charge is 0.497 e. The van der Waals surface area contributed by atoms with Crippen LogP contribution in [0.1, 0.15) is 51.1 Å². The molecule has 1 aliphatic rings. The Kier molecular flexibility index (Phi) is 6.16. The Labute approximate surface area is 186 Å². The molecule has 2 amide bonds. The summed E-state index contributed by atoms with van der Waals surface area (Å²) in [6, 6.07) is 9.31. The molecule has 32 heavy (non-hydrogen) atoms. The molecule has 0 bridgehead atoms. The van der Waals surface area contributed by atoms with Crippen molar-refractivity contribution in [3.8, 4) is 17.0 Å². The van der Waals surface area contributed by atoms with Crippen LogP contribution in [0.15, 0.2) is 36.5 Å². The van der Waals surface area contributed by atoms with E-state index >= 15 is 0 Å². The lowest BCUT2D eigenvalue weighted by molar-refractivity contribution is 0.0698. The predicted octanol–water partition coefficient (Wildman–Crippen LogP) is 2.56. The number of methoxy groups -OCH3 is 1. The first kappa shape index (κ1) is 21.5. The SMILES string of the molecule is CNC(=O)c1cnc([C@@H]2CCCN(C(=O)c3cc(-c4cccc(OC)c4)n[nH]3)C2)nc1C. The number of rotatable bonds is 5. The maximum atomic E-state index is 13.1. The maximum Gasteiger partial charge on any atom is 0.271 e. The second-order valence-corrected chi connectivity index (χ2v) is 7.80. The third kappa shape index (κ3) is 4.32. The van der Waals surface area contributed by atoms with Gasteiger partial charge in [-0.25, -0.2) is 9.97 Å². The number of carbonyl (C=O) groups is 2. The van der Waals surface area contributed by atoms with Crippen molar-refractivity contribution in [1.82, 2.24) is 30.4 Å². The quantitative estimate of drug-likeness (QED) is 0.638. The number of nitrogens with one attached hydrogen (secondary N) is 2. The van der Waals surface area contributed by atoms with Crippen LogP contribution >= 0.6 is 0 Å². The van der Waals surface area contributed by atoms with Crippen molar-refractivity contribution in [3.05, 3.63) is 59.3 Å². The van der Waals surface area contributed by atoms with Gasteiger partial charge in [-0.3, -0.25) is 14.7 Å². The van der Waals surface area contributed by atoms with Crippen LogP contribution in [0, 0.1) is 6.92 Å². The molecular weight excluding hydrogens is 408 g/mol. The van der Waals surface area contributed by atoms with Gasteiger partial charge in [0.1, 0.15) is 17.3 Å². The van der Waals surface area contributed by atoms with E-state index in [1.165, 1.54) is 0 Å². The summed E-state index contributed by atoms with van der Waals surface area (Å²) in [7, 11) is 3.19. The molecule has 2 N–H and O–H groups in total. The molecule has 0 aliphatic carbocycles. The van der Waals surface area contributed by atoms with E-state index in [0.29, 0.717) is 41.6 Å². The van der Waals surface area contributed by atoms with E-state index in [1.807, 2.05) is 29.2 Å². The number of aromatic amines is 1. The Morgan fingerprint density at radius 1 is 1.28 bits per heavy atom. The second kappa shape index (κ2) is 9.17. The number of ether oxygens (including phenoxy) is 1. The summed E-state index contributed by atoms with van der Waals surface area (Å²) >= 11 is 0. The number of H-pyrrole nitrogens is 1. The van der Waals surface area contributed by atoms with Crippen LogP contribution in [0.5, 0.6) is 5.75 Å². The highest BCUT2D eigenvalue weighted by atomic mass is 16.5. The van der Waals surface area contributed by atoms with Gasteiger partial charge in [-0.1, -0.05) is 12.1 Å². The average molecular weight is 435 g/mol. The summed E-state index contributed by atoms with van der Waals surface area (Å²) in [5.74, 6) is 1.10. The Bertz CT molecular complexity index is 1140. The van der Waals surface area contributed by atoms with E-state index in [2.05, 4.69) is 25.5 Å². The first-order valence-corrected chi connectivity index (χ1v) is 10.5. The first-order valence-electron chi connectivity index (χ1n) is 10.5. The fourth-order valence-electron chi connectivity index (χ4n) is 3.94. The van der Waals surface area contributed by atoms with Crippen LogP contribution in [0.4, 0.5) is 0 Å². The van der Waals surface area contributed by atoms with Crippen molar-refractivity contribution in [1.29, 1.82) is 0 Å². The van der Waals surface area contributed by atoms with Gasteiger partial charge in [0, 0.05) is 37.8 Å². The highest BCUT2D eigenvalue weighted by Crippen LogP contribution is 2.27. The molecule has 0 spiro atoms. The highest BCUT2D eigenvalue weighted by Gasteiger charge is 2.28. The zero-order chi connectivity index (χ0) is 22.7. The van der Waals surface area contributed by atoms with Crippen molar-refractivity contribution in [2.24, 2.45) is 0 Å². The lowest BCUT2D eigenvalue weighted by Crippen LogP contribution is -2.39. The molecule has 2 aromatic heterocycles. The third-order valence-corrected chi connectivity index (χ3v) is 5.72. The molecule has 0 unspecified atom stereocenters. The number of nitrogens with zero attached hydrogens (tertiary/aromatic N) is 4. The second-order valence-electron chi connectivity index (χ2n) is 7.80. The smallest absolute Gasteiger partial charge is 0.271 e. The van der Waals surface area contributed by atoms with Crippen LogP contribution < -0.4 is 10.1 Å². The van der Waals surface area contributed by atoms with Gasteiger partial charge in [-0.2, -0.15) is 5.10 Å². The van der Waals surface area contributed by atoms with Crippen LogP contribution in [-0.4, -0.2) is 64.1 Å². The monoisotopic (exact) mass is 434 g/mol. The summed E-state index contributed by atoms with van der Waals surface area (Å²) in [4.78, 5) is 35.8. The van der Waals surface area contributed by atoms with Gasteiger partial charge in [-0.05, 0) is 38.0 Å². The number of aromatic nitrogens is 4. The molecule has 166 valence electrons. The van der Waals surface area contributed by atoms with Gasteiger partial charge in [0.25, 0.3) is 11.8 Å². The Morgan fingerprint density at radius 3 is 2.88 bits per heavy atom. The zero-order valence-corrected chi connectivity index (χ0v) is 18.4. The van der Waals surface area contributed by atoms with E-state index in [-0.39, 0.29) is 17.7 Å². The number of carbonyl (C=O) groups excluding carboxylic acids is 2. The Hall–Kier alpha value is -3.75. The van der Waals surface area contributed by atoms with Gasteiger partial charge < -0.3 is 15.0 Å². The van der Waals surface area contributed by atoms with Crippen LogP contribution in [-0.2, 0) is 0 Å². The van der Waals surface area contributed by atoms with Gasteiger partial charge >= 0.3 is 0 Å². The van der Waals surface area contributed by atoms with E-state index in [9.17, 15) is 9.59 Å². The van der Waals surface area contributed by atoms with E-state index < -0.39 is 0 Å². The number of piperidine rings is 1. The fourth-order valence-corrected chi connectivity index (χ4v) is 3.94. The third-order valence-electron chi connectivity index (χ3n) is 5.72. The number of aryl methyl sites for hydroxylation is 1. The molecule has 1 aliphatic heterocycles. The lowest BCUT2D eigenvalue weighted by Gasteiger charge is -2.31.